The number of aliphatic carboxylic acids is 1. The maximum absolute atomic E-state index is 10.7. The summed E-state index contributed by atoms with van der Waals surface area (Å²) in [6, 6.07) is 9.19. The maximum atomic E-state index is 10.7. The minimum Gasteiger partial charge on any atom is -0.483 e. The highest BCUT2D eigenvalue weighted by atomic mass is 35.5. The number of halogens is 1. The SMILES string of the molecule is C[C@@H](Oc1cc2cnn(CCC(=O)O)c2cc1Cl)c1ccccn1. The molecule has 0 aliphatic carbocycles. The Morgan fingerprint density at radius 1 is 1.42 bits per heavy atom. The second kappa shape index (κ2) is 6.88. The lowest BCUT2D eigenvalue weighted by atomic mass is 10.2. The van der Waals surface area contributed by atoms with E-state index in [1.54, 1.807) is 29.2 Å². The highest BCUT2D eigenvalue weighted by Crippen LogP contribution is 2.33. The fraction of sp³-hybridized carbons (Fsp3) is 0.235. The van der Waals surface area contributed by atoms with Crippen LogP contribution in [0.25, 0.3) is 10.9 Å². The van der Waals surface area contributed by atoms with Crippen molar-refractivity contribution in [1.29, 1.82) is 0 Å². The molecule has 2 aromatic heterocycles. The van der Waals surface area contributed by atoms with E-state index in [9.17, 15) is 4.79 Å². The molecule has 6 nitrogen and oxygen atoms in total. The van der Waals surface area contributed by atoms with Gasteiger partial charge in [0.25, 0.3) is 0 Å². The van der Waals surface area contributed by atoms with Gasteiger partial charge in [-0.15, -0.1) is 0 Å². The van der Waals surface area contributed by atoms with Crippen LogP contribution in [-0.4, -0.2) is 25.8 Å². The standard InChI is InChI=1S/C17H16ClN3O3/c1-11(14-4-2-3-6-19-14)24-16-8-12-10-20-21(7-5-17(22)23)15(12)9-13(16)18/h2-4,6,8-11H,5,7H2,1H3,(H,22,23)/t11-/m1/s1. The van der Waals surface area contributed by atoms with Gasteiger partial charge in [-0.05, 0) is 31.2 Å². The second-order valence-corrected chi connectivity index (χ2v) is 5.77. The maximum Gasteiger partial charge on any atom is 0.305 e. The molecule has 1 atom stereocenters. The van der Waals surface area contributed by atoms with Gasteiger partial charge in [-0.1, -0.05) is 17.7 Å². The number of carboxylic acids is 1. The van der Waals surface area contributed by atoms with Crippen LogP contribution in [0.1, 0.15) is 25.1 Å². The summed E-state index contributed by atoms with van der Waals surface area (Å²) < 4.78 is 7.55. The number of nitrogens with zero attached hydrogens (tertiary/aromatic N) is 3. The van der Waals surface area contributed by atoms with Gasteiger partial charge in [-0.25, -0.2) is 0 Å². The summed E-state index contributed by atoms with van der Waals surface area (Å²) in [5.74, 6) is -0.325. The zero-order chi connectivity index (χ0) is 17.1. The van der Waals surface area contributed by atoms with Gasteiger partial charge in [0.05, 0.1) is 35.4 Å². The smallest absolute Gasteiger partial charge is 0.305 e. The lowest BCUT2D eigenvalue weighted by Crippen LogP contribution is -2.06. The van der Waals surface area contributed by atoms with Crippen LogP contribution in [0.5, 0.6) is 5.75 Å². The van der Waals surface area contributed by atoms with Crippen molar-refractivity contribution >= 4 is 28.5 Å². The summed E-state index contributed by atoms with van der Waals surface area (Å²) >= 11 is 6.32. The van der Waals surface area contributed by atoms with Crippen molar-refractivity contribution in [1.82, 2.24) is 14.8 Å². The molecule has 0 unspecified atom stereocenters. The average Bonchev–Trinajstić information content (AvgIpc) is 2.96. The van der Waals surface area contributed by atoms with Gasteiger partial charge >= 0.3 is 5.97 Å². The van der Waals surface area contributed by atoms with Crippen molar-refractivity contribution in [2.24, 2.45) is 0 Å². The number of ether oxygens (including phenoxy) is 1. The van der Waals surface area contributed by atoms with Crippen LogP contribution < -0.4 is 4.74 Å². The number of hydrogen-bond donors (Lipinski definition) is 1. The van der Waals surface area contributed by atoms with Crippen LogP contribution in [0.4, 0.5) is 0 Å². The highest BCUT2D eigenvalue weighted by Gasteiger charge is 2.14. The fourth-order valence-corrected chi connectivity index (χ4v) is 2.62. The number of pyridine rings is 1. The molecule has 1 aromatic carbocycles. The predicted molar refractivity (Wildman–Crippen MR) is 90.3 cm³/mol. The van der Waals surface area contributed by atoms with Crippen LogP contribution in [0.2, 0.25) is 5.02 Å². The Balaban J connectivity index is 1.85. The minimum absolute atomic E-state index is 0.00333. The summed E-state index contributed by atoms with van der Waals surface area (Å²) in [6.45, 7) is 2.19. The molecule has 24 heavy (non-hydrogen) atoms. The summed E-state index contributed by atoms with van der Waals surface area (Å²) in [5.41, 5.74) is 1.59. The van der Waals surface area contributed by atoms with Crippen molar-refractivity contribution in [2.75, 3.05) is 0 Å². The van der Waals surface area contributed by atoms with E-state index in [1.165, 1.54) is 0 Å². The summed E-state index contributed by atoms with van der Waals surface area (Å²) in [6.07, 6.45) is 3.14. The van der Waals surface area contributed by atoms with E-state index in [4.69, 9.17) is 21.4 Å². The zero-order valence-corrected chi connectivity index (χ0v) is 13.8. The van der Waals surface area contributed by atoms with E-state index in [1.807, 2.05) is 25.1 Å². The van der Waals surface area contributed by atoms with Gasteiger partial charge in [0.2, 0.25) is 0 Å². The number of carbonyl (C=O) groups is 1. The van der Waals surface area contributed by atoms with Crippen molar-refractivity contribution < 1.29 is 14.6 Å². The molecular weight excluding hydrogens is 330 g/mol. The lowest BCUT2D eigenvalue weighted by Gasteiger charge is -2.15. The fourth-order valence-electron chi connectivity index (χ4n) is 2.42. The topological polar surface area (TPSA) is 77.2 Å². The van der Waals surface area contributed by atoms with E-state index in [-0.39, 0.29) is 12.5 Å². The molecule has 0 fully saturated rings. The molecule has 7 heteroatoms. The Labute approximate surface area is 143 Å². The Kier molecular flexibility index (Phi) is 4.66. The summed E-state index contributed by atoms with van der Waals surface area (Å²) in [5, 5.41) is 14.3. The number of benzene rings is 1. The van der Waals surface area contributed by atoms with E-state index >= 15 is 0 Å². The van der Waals surface area contributed by atoms with Crippen molar-refractivity contribution in [2.45, 2.75) is 26.0 Å². The van der Waals surface area contributed by atoms with Crippen molar-refractivity contribution in [3.63, 3.8) is 0 Å². The third-order valence-corrected chi connectivity index (χ3v) is 3.94. The molecule has 3 aromatic rings. The van der Waals surface area contributed by atoms with E-state index in [0.29, 0.717) is 17.3 Å². The third-order valence-electron chi connectivity index (χ3n) is 3.64. The first-order valence-corrected chi connectivity index (χ1v) is 7.87. The molecular formula is C17H16ClN3O3. The molecule has 0 amide bonds. The van der Waals surface area contributed by atoms with Crippen molar-refractivity contribution in [3.05, 3.63) is 53.4 Å². The molecule has 0 saturated heterocycles. The first-order chi connectivity index (χ1) is 11.5. The summed E-state index contributed by atoms with van der Waals surface area (Å²) in [4.78, 5) is 15.0. The van der Waals surface area contributed by atoms with Gasteiger partial charge in [0.1, 0.15) is 11.9 Å². The molecule has 3 rings (SSSR count). The summed E-state index contributed by atoms with van der Waals surface area (Å²) in [7, 11) is 0. The molecule has 1 N–H and O–H groups in total. The van der Waals surface area contributed by atoms with Gasteiger partial charge in [-0.2, -0.15) is 5.10 Å². The molecule has 124 valence electrons. The van der Waals surface area contributed by atoms with E-state index in [2.05, 4.69) is 10.1 Å². The molecule has 0 aliphatic rings. The van der Waals surface area contributed by atoms with E-state index in [0.717, 1.165) is 16.6 Å². The van der Waals surface area contributed by atoms with Crippen LogP contribution in [0, 0.1) is 0 Å². The zero-order valence-electron chi connectivity index (χ0n) is 13.0. The average molecular weight is 346 g/mol. The van der Waals surface area contributed by atoms with Crippen molar-refractivity contribution in [3.8, 4) is 5.75 Å². The second-order valence-electron chi connectivity index (χ2n) is 5.37. The number of fused-ring (bicyclic) bond motifs is 1. The number of rotatable bonds is 6. The highest BCUT2D eigenvalue weighted by molar-refractivity contribution is 6.32. The van der Waals surface area contributed by atoms with Gasteiger partial charge in [-0.3, -0.25) is 14.5 Å². The molecule has 0 saturated carbocycles. The number of carboxylic acid groups (broad SMARTS) is 1. The Morgan fingerprint density at radius 2 is 2.25 bits per heavy atom. The minimum atomic E-state index is -0.867. The van der Waals surface area contributed by atoms with Gasteiger partial charge < -0.3 is 9.84 Å². The Bertz CT molecular complexity index is 864. The first-order valence-electron chi connectivity index (χ1n) is 7.49. The van der Waals surface area contributed by atoms with Crippen LogP contribution in [0.15, 0.2) is 42.7 Å². The predicted octanol–water partition coefficient (Wildman–Crippen LogP) is 3.70. The van der Waals surface area contributed by atoms with Crippen LogP contribution in [0.3, 0.4) is 0 Å². The molecule has 0 bridgehead atoms. The number of aryl methyl sites for hydroxylation is 1. The molecule has 0 spiro atoms. The number of hydrogen-bond acceptors (Lipinski definition) is 4. The molecule has 0 aliphatic heterocycles. The monoisotopic (exact) mass is 345 g/mol. The molecule has 2 heterocycles. The lowest BCUT2D eigenvalue weighted by molar-refractivity contribution is -0.137. The Morgan fingerprint density at radius 3 is 2.96 bits per heavy atom. The van der Waals surface area contributed by atoms with Gasteiger partial charge in [0.15, 0.2) is 0 Å². The quantitative estimate of drug-likeness (QED) is 0.737. The van der Waals surface area contributed by atoms with Crippen LogP contribution >= 0.6 is 11.6 Å². The normalized spacial score (nSPS) is 12.2. The van der Waals surface area contributed by atoms with E-state index < -0.39 is 5.97 Å². The third kappa shape index (κ3) is 3.49. The largest absolute Gasteiger partial charge is 0.483 e. The van der Waals surface area contributed by atoms with Crippen LogP contribution in [-0.2, 0) is 11.3 Å². The Hall–Kier alpha value is -2.60. The molecule has 0 radical (unpaired) electrons. The first kappa shape index (κ1) is 16.3. The van der Waals surface area contributed by atoms with Gasteiger partial charge in [0, 0.05) is 11.6 Å². The number of aromatic nitrogens is 3.